The molecule has 0 amide bonds. The number of hydrogen-bond acceptors (Lipinski definition) is 2. The van der Waals surface area contributed by atoms with Crippen molar-refractivity contribution >= 4 is 0 Å². The Bertz CT molecular complexity index is 103. The zero-order chi connectivity index (χ0) is 7.56. The number of likely N-dealkylation sites (tertiary alicyclic amines) is 1. The molecule has 0 bridgehead atoms. The van der Waals surface area contributed by atoms with Crippen LogP contribution in [0.15, 0.2) is 0 Å². The standard InChI is InChI=1S/C8H18N2/c1-3-7(2)10-5-4-8(9)6-10/h7-8H,3-6,9H2,1-2H3. The molecule has 1 aliphatic heterocycles. The number of hydrogen-bond donors (Lipinski definition) is 1. The van der Waals surface area contributed by atoms with Crippen LogP contribution in [0.25, 0.3) is 0 Å². The predicted molar refractivity (Wildman–Crippen MR) is 43.9 cm³/mol. The van der Waals surface area contributed by atoms with Gasteiger partial charge in [0, 0.05) is 18.6 Å². The van der Waals surface area contributed by atoms with Crippen molar-refractivity contribution in [1.29, 1.82) is 0 Å². The van der Waals surface area contributed by atoms with E-state index in [9.17, 15) is 0 Å². The van der Waals surface area contributed by atoms with E-state index in [1.54, 1.807) is 0 Å². The van der Waals surface area contributed by atoms with Crippen molar-refractivity contribution in [2.75, 3.05) is 13.1 Å². The fraction of sp³-hybridized carbons (Fsp3) is 1.00. The molecule has 0 saturated carbocycles. The second kappa shape index (κ2) is 3.35. The highest BCUT2D eigenvalue weighted by atomic mass is 15.2. The topological polar surface area (TPSA) is 29.3 Å². The third-order valence-electron chi connectivity index (χ3n) is 2.47. The van der Waals surface area contributed by atoms with Crippen molar-refractivity contribution in [2.45, 2.75) is 38.8 Å². The van der Waals surface area contributed by atoms with Gasteiger partial charge < -0.3 is 5.73 Å². The molecule has 1 heterocycles. The highest BCUT2D eigenvalue weighted by molar-refractivity contribution is 4.80. The normalized spacial score (nSPS) is 30.9. The van der Waals surface area contributed by atoms with E-state index in [1.165, 1.54) is 19.4 Å². The first-order valence-electron chi connectivity index (χ1n) is 4.23. The van der Waals surface area contributed by atoms with Gasteiger partial charge in [-0.3, -0.25) is 4.90 Å². The first-order chi connectivity index (χ1) is 4.74. The third-order valence-corrected chi connectivity index (χ3v) is 2.47. The maximum atomic E-state index is 5.78. The molecule has 1 rings (SSSR count). The van der Waals surface area contributed by atoms with Gasteiger partial charge in [-0.15, -0.1) is 0 Å². The quantitative estimate of drug-likeness (QED) is 0.618. The summed E-state index contributed by atoms with van der Waals surface area (Å²) < 4.78 is 0. The lowest BCUT2D eigenvalue weighted by Gasteiger charge is -2.22. The highest BCUT2D eigenvalue weighted by Gasteiger charge is 2.21. The SMILES string of the molecule is CCC(C)N1CCC(N)C1. The van der Waals surface area contributed by atoms with Gasteiger partial charge >= 0.3 is 0 Å². The Morgan fingerprint density at radius 1 is 1.70 bits per heavy atom. The van der Waals surface area contributed by atoms with Crippen LogP contribution in [-0.4, -0.2) is 30.1 Å². The van der Waals surface area contributed by atoms with Gasteiger partial charge in [-0.25, -0.2) is 0 Å². The summed E-state index contributed by atoms with van der Waals surface area (Å²) in [7, 11) is 0. The van der Waals surface area contributed by atoms with Gasteiger partial charge in [-0.2, -0.15) is 0 Å². The maximum absolute atomic E-state index is 5.78. The molecule has 1 aliphatic rings. The largest absolute Gasteiger partial charge is 0.326 e. The van der Waals surface area contributed by atoms with Crippen molar-refractivity contribution in [2.24, 2.45) is 5.73 Å². The summed E-state index contributed by atoms with van der Waals surface area (Å²) in [5.74, 6) is 0. The van der Waals surface area contributed by atoms with E-state index in [4.69, 9.17) is 5.73 Å². The Balaban J connectivity index is 2.29. The fourth-order valence-electron chi connectivity index (χ4n) is 1.47. The van der Waals surface area contributed by atoms with Crippen LogP contribution < -0.4 is 5.73 Å². The Labute approximate surface area is 63.4 Å². The van der Waals surface area contributed by atoms with Crippen LogP contribution in [0.1, 0.15) is 26.7 Å². The summed E-state index contributed by atoms with van der Waals surface area (Å²) in [5, 5.41) is 0. The van der Waals surface area contributed by atoms with Crippen molar-refractivity contribution in [1.82, 2.24) is 4.90 Å². The molecular weight excluding hydrogens is 124 g/mol. The monoisotopic (exact) mass is 142 g/mol. The molecule has 2 unspecified atom stereocenters. The van der Waals surface area contributed by atoms with Crippen LogP contribution in [0.3, 0.4) is 0 Å². The fourth-order valence-corrected chi connectivity index (χ4v) is 1.47. The molecule has 0 aromatic heterocycles. The Morgan fingerprint density at radius 2 is 2.40 bits per heavy atom. The van der Waals surface area contributed by atoms with Gasteiger partial charge in [-0.1, -0.05) is 6.92 Å². The average Bonchev–Trinajstić information content (AvgIpc) is 2.34. The molecule has 0 spiro atoms. The second-order valence-electron chi connectivity index (χ2n) is 3.30. The molecule has 0 aromatic carbocycles. The van der Waals surface area contributed by atoms with Crippen molar-refractivity contribution in [3.05, 3.63) is 0 Å². The van der Waals surface area contributed by atoms with Gasteiger partial charge in [0.2, 0.25) is 0 Å². The van der Waals surface area contributed by atoms with Crippen LogP contribution >= 0.6 is 0 Å². The van der Waals surface area contributed by atoms with Gasteiger partial charge in [0.05, 0.1) is 0 Å². The van der Waals surface area contributed by atoms with Crippen LogP contribution in [-0.2, 0) is 0 Å². The summed E-state index contributed by atoms with van der Waals surface area (Å²) in [6.07, 6.45) is 2.43. The van der Waals surface area contributed by atoms with E-state index in [0.29, 0.717) is 6.04 Å². The predicted octanol–water partition coefficient (Wildman–Crippen LogP) is 0.818. The lowest BCUT2D eigenvalue weighted by Crippen LogP contribution is -2.33. The molecule has 1 fully saturated rings. The van der Waals surface area contributed by atoms with Crippen molar-refractivity contribution in [3.8, 4) is 0 Å². The van der Waals surface area contributed by atoms with Crippen molar-refractivity contribution < 1.29 is 0 Å². The lowest BCUT2D eigenvalue weighted by molar-refractivity contribution is 0.250. The van der Waals surface area contributed by atoms with Gasteiger partial charge in [-0.05, 0) is 26.3 Å². The van der Waals surface area contributed by atoms with E-state index in [-0.39, 0.29) is 0 Å². The summed E-state index contributed by atoms with van der Waals surface area (Å²) in [4.78, 5) is 2.48. The summed E-state index contributed by atoms with van der Waals surface area (Å²) in [5.41, 5.74) is 5.78. The average molecular weight is 142 g/mol. The van der Waals surface area contributed by atoms with Gasteiger partial charge in [0.1, 0.15) is 0 Å². The molecule has 2 nitrogen and oxygen atoms in total. The van der Waals surface area contributed by atoms with Crippen LogP contribution in [0.2, 0.25) is 0 Å². The zero-order valence-corrected chi connectivity index (χ0v) is 7.01. The zero-order valence-electron chi connectivity index (χ0n) is 7.01. The van der Waals surface area contributed by atoms with Crippen LogP contribution in [0.5, 0.6) is 0 Å². The van der Waals surface area contributed by atoms with Gasteiger partial charge in [0.15, 0.2) is 0 Å². The van der Waals surface area contributed by atoms with Crippen LogP contribution in [0, 0.1) is 0 Å². The Kier molecular flexibility index (Phi) is 2.69. The molecule has 2 N–H and O–H groups in total. The molecule has 0 aromatic rings. The first-order valence-corrected chi connectivity index (χ1v) is 4.23. The molecular formula is C8H18N2. The minimum absolute atomic E-state index is 0.439. The Morgan fingerprint density at radius 3 is 2.80 bits per heavy atom. The minimum atomic E-state index is 0.439. The third kappa shape index (κ3) is 1.70. The van der Waals surface area contributed by atoms with Crippen LogP contribution in [0.4, 0.5) is 0 Å². The molecule has 0 aliphatic carbocycles. The van der Waals surface area contributed by atoms with E-state index < -0.39 is 0 Å². The molecule has 2 heteroatoms. The van der Waals surface area contributed by atoms with E-state index in [1.807, 2.05) is 0 Å². The molecule has 10 heavy (non-hydrogen) atoms. The van der Waals surface area contributed by atoms with Gasteiger partial charge in [0.25, 0.3) is 0 Å². The Hall–Kier alpha value is -0.0800. The number of nitrogens with zero attached hydrogens (tertiary/aromatic N) is 1. The smallest absolute Gasteiger partial charge is 0.0180 e. The molecule has 0 radical (unpaired) electrons. The number of rotatable bonds is 2. The highest BCUT2D eigenvalue weighted by Crippen LogP contribution is 2.12. The van der Waals surface area contributed by atoms with E-state index in [2.05, 4.69) is 18.7 Å². The van der Waals surface area contributed by atoms with E-state index in [0.717, 1.165) is 12.6 Å². The maximum Gasteiger partial charge on any atom is 0.0180 e. The minimum Gasteiger partial charge on any atom is -0.326 e. The molecule has 2 atom stereocenters. The first kappa shape index (κ1) is 8.02. The molecule has 1 saturated heterocycles. The molecule has 60 valence electrons. The number of nitrogens with two attached hydrogens (primary N) is 1. The summed E-state index contributed by atoms with van der Waals surface area (Å²) in [6, 6.07) is 1.17. The second-order valence-corrected chi connectivity index (χ2v) is 3.30. The van der Waals surface area contributed by atoms with Crippen molar-refractivity contribution in [3.63, 3.8) is 0 Å². The lowest BCUT2D eigenvalue weighted by atomic mass is 10.2. The summed E-state index contributed by atoms with van der Waals surface area (Å²) in [6.45, 7) is 6.82. The van der Waals surface area contributed by atoms with E-state index >= 15 is 0 Å². The summed E-state index contributed by atoms with van der Waals surface area (Å²) >= 11 is 0.